The molecule has 0 aliphatic heterocycles. The molecule has 0 rings (SSSR count). The van der Waals surface area contributed by atoms with Crippen molar-refractivity contribution in [2.45, 2.75) is 65.6 Å². The summed E-state index contributed by atoms with van der Waals surface area (Å²) in [4.78, 5) is 13.4. The minimum atomic E-state index is -4.18. The first kappa shape index (κ1) is 17.3. The van der Waals surface area contributed by atoms with Crippen molar-refractivity contribution < 1.29 is 18.0 Å². The Hall–Kier alpha value is -0.740. The van der Waals surface area contributed by atoms with Crippen LogP contribution in [0.15, 0.2) is 0 Å². The highest BCUT2D eigenvalue weighted by atomic mass is 19.4. The summed E-state index contributed by atoms with van der Waals surface area (Å²) in [5, 5.41) is 0. The molecule has 2 nitrogen and oxygen atoms in total. The Morgan fingerprint density at radius 2 is 1.50 bits per heavy atom. The highest BCUT2D eigenvalue weighted by Gasteiger charge is 2.38. The molecule has 0 aromatic heterocycles. The zero-order chi connectivity index (χ0) is 14.8. The van der Waals surface area contributed by atoms with E-state index in [4.69, 9.17) is 0 Å². The van der Waals surface area contributed by atoms with E-state index in [0.29, 0.717) is 0 Å². The number of nitrogens with zero attached hydrogens (tertiary/aromatic N) is 1. The van der Waals surface area contributed by atoms with Crippen LogP contribution in [0.5, 0.6) is 0 Å². The second-order valence-corrected chi connectivity index (χ2v) is 6.23. The number of amides is 1. The lowest BCUT2D eigenvalue weighted by Gasteiger charge is -2.46. The van der Waals surface area contributed by atoms with Gasteiger partial charge in [0.15, 0.2) is 0 Å². The summed E-state index contributed by atoms with van der Waals surface area (Å²) >= 11 is 0. The predicted octanol–water partition coefficient (Wildman–Crippen LogP) is 4.00. The number of carbonyl (C=O) groups is 1. The van der Waals surface area contributed by atoms with Crippen LogP contribution in [0.3, 0.4) is 0 Å². The molecule has 1 amide bonds. The van der Waals surface area contributed by atoms with Crippen molar-refractivity contribution in [3.05, 3.63) is 0 Å². The van der Waals surface area contributed by atoms with E-state index in [2.05, 4.69) is 0 Å². The molecule has 18 heavy (non-hydrogen) atoms. The summed E-state index contributed by atoms with van der Waals surface area (Å²) < 4.78 is 36.0. The van der Waals surface area contributed by atoms with Gasteiger partial charge in [-0.15, -0.1) is 0 Å². The molecule has 0 saturated carbocycles. The lowest BCUT2D eigenvalue weighted by molar-refractivity contribution is -0.143. The lowest BCUT2D eigenvalue weighted by Crippen LogP contribution is -2.53. The summed E-state index contributed by atoms with van der Waals surface area (Å²) in [6.07, 6.45) is -5.29. The Morgan fingerprint density at radius 1 is 1.06 bits per heavy atom. The molecular formula is C13H24F3NO. The molecule has 0 heterocycles. The van der Waals surface area contributed by atoms with Crippen LogP contribution in [0.1, 0.15) is 53.9 Å². The van der Waals surface area contributed by atoms with Crippen LogP contribution in [0.2, 0.25) is 0 Å². The Morgan fingerprint density at radius 3 is 1.83 bits per heavy atom. The van der Waals surface area contributed by atoms with E-state index in [1.54, 1.807) is 11.9 Å². The van der Waals surface area contributed by atoms with Gasteiger partial charge in [-0.1, -0.05) is 20.8 Å². The molecule has 0 spiro atoms. The van der Waals surface area contributed by atoms with Gasteiger partial charge in [0.2, 0.25) is 5.91 Å². The highest BCUT2D eigenvalue weighted by molar-refractivity contribution is 5.76. The van der Waals surface area contributed by atoms with Gasteiger partial charge < -0.3 is 4.90 Å². The van der Waals surface area contributed by atoms with E-state index in [0.717, 1.165) is 0 Å². The summed E-state index contributed by atoms with van der Waals surface area (Å²) in [5.74, 6) is -0.237. The van der Waals surface area contributed by atoms with E-state index < -0.39 is 18.1 Å². The fraction of sp³-hybridized carbons (Fsp3) is 0.923. The van der Waals surface area contributed by atoms with Crippen molar-refractivity contribution in [1.82, 2.24) is 4.90 Å². The Kier molecular flexibility index (Phi) is 5.27. The molecule has 0 unspecified atom stereocenters. The first-order valence-electron chi connectivity index (χ1n) is 6.12. The van der Waals surface area contributed by atoms with Crippen molar-refractivity contribution in [3.8, 4) is 0 Å². The van der Waals surface area contributed by atoms with E-state index >= 15 is 0 Å². The largest absolute Gasteiger partial charge is 0.389 e. The third-order valence-electron chi connectivity index (χ3n) is 3.90. The molecule has 108 valence electrons. The maximum absolute atomic E-state index is 12.0. The van der Waals surface area contributed by atoms with Gasteiger partial charge in [0.1, 0.15) is 0 Å². The predicted molar refractivity (Wildman–Crippen MR) is 66.2 cm³/mol. The third kappa shape index (κ3) is 4.86. The van der Waals surface area contributed by atoms with E-state index in [1.165, 1.54) is 0 Å². The van der Waals surface area contributed by atoms with E-state index in [9.17, 15) is 18.0 Å². The number of carbonyl (C=O) groups excluding carboxylic acids is 1. The second-order valence-electron chi connectivity index (χ2n) is 6.23. The zero-order valence-corrected chi connectivity index (χ0v) is 12.1. The number of hydrogen-bond donors (Lipinski definition) is 0. The van der Waals surface area contributed by atoms with E-state index in [1.807, 2.05) is 34.6 Å². The van der Waals surface area contributed by atoms with Gasteiger partial charge in [-0.3, -0.25) is 4.79 Å². The van der Waals surface area contributed by atoms with Gasteiger partial charge in [-0.2, -0.15) is 13.2 Å². The SMILES string of the molecule is CN(C(=O)CCCC(F)(F)F)C(C)(C)C(C)(C)C. The zero-order valence-electron chi connectivity index (χ0n) is 12.1. The standard InChI is InChI=1S/C13H24F3NO/c1-11(2,3)12(4,5)17(6)10(18)8-7-9-13(14,15)16/h7-9H2,1-6H3. The number of halogens is 3. The summed E-state index contributed by atoms with van der Waals surface area (Å²) in [6.45, 7) is 9.87. The smallest absolute Gasteiger partial charge is 0.340 e. The van der Waals surface area contributed by atoms with Crippen LogP contribution in [0.25, 0.3) is 0 Å². The van der Waals surface area contributed by atoms with Gasteiger partial charge in [-0.25, -0.2) is 0 Å². The molecule has 0 aromatic rings. The van der Waals surface area contributed by atoms with E-state index in [-0.39, 0.29) is 24.2 Å². The lowest BCUT2D eigenvalue weighted by atomic mass is 9.75. The van der Waals surface area contributed by atoms with Crippen LogP contribution >= 0.6 is 0 Å². The minimum Gasteiger partial charge on any atom is -0.340 e. The molecular weight excluding hydrogens is 243 g/mol. The minimum absolute atomic E-state index is 0.0600. The molecule has 0 fully saturated rings. The maximum Gasteiger partial charge on any atom is 0.389 e. The maximum atomic E-state index is 12.0. The van der Waals surface area contributed by atoms with Crippen molar-refractivity contribution in [2.24, 2.45) is 5.41 Å². The van der Waals surface area contributed by atoms with Gasteiger partial charge in [0.05, 0.1) is 0 Å². The molecule has 0 aliphatic carbocycles. The fourth-order valence-corrected chi connectivity index (χ4v) is 1.42. The topological polar surface area (TPSA) is 20.3 Å². The van der Waals surface area contributed by atoms with Gasteiger partial charge in [-0.05, 0) is 25.7 Å². The Balaban J connectivity index is 4.45. The first-order valence-corrected chi connectivity index (χ1v) is 6.12. The van der Waals surface area contributed by atoms with Crippen LogP contribution in [-0.2, 0) is 4.79 Å². The molecule has 0 aliphatic rings. The number of hydrogen-bond acceptors (Lipinski definition) is 1. The summed E-state index contributed by atoms with van der Waals surface area (Å²) in [5.41, 5.74) is -0.538. The molecule has 0 aromatic carbocycles. The molecule has 0 N–H and O–H groups in total. The van der Waals surface area contributed by atoms with Gasteiger partial charge in [0, 0.05) is 25.4 Å². The van der Waals surface area contributed by atoms with Crippen LogP contribution in [-0.4, -0.2) is 29.6 Å². The Bertz CT molecular complexity index is 290. The second kappa shape index (κ2) is 5.49. The van der Waals surface area contributed by atoms with Gasteiger partial charge in [0.25, 0.3) is 0 Å². The normalized spacial score (nSPS) is 13.6. The molecule has 0 bridgehead atoms. The quantitative estimate of drug-likeness (QED) is 0.754. The number of rotatable bonds is 4. The monoisotopic (exact) mass is 267 g/mol. The molecule has 0 atom stereocenters. The summed E-state index contributed by atoms with van der Waals surface area (Å²) in [7, 11) is 1.65. The summed E-state index contributed by atoms with van der Waals surface area (Å²) in [6, 6.07) is 0. The Labute approximate surface area is 108 Å². The fourth-order valence-electron chi connectivity index (χ4n) is 1.42. The first-order chi connectivity index (χ1) is 7.79. The van der Waals surface area contributed by atoms with Crippen LogP contribution in [0, 0.1) is 5.41 Å². The van der Waals surface area contributed by atoms with Crippen molar-refractivity contribution in [1.29, 1.82) is 0 Å². The average Bonchev–Trinajstić information content (AvgIpc) is 2.12. The molecule has 5 heteroatoms. The number of alkyl halides is 3. The molecule has 0 saturated heterocycles. The van der Waals surface area contributed by atoms with Gasteiger partial charge >= 0.3 is 6.18 Å². The van der Waals surface area contributed by atoms with Crippen molar-refractivity contribution in [3.63, 3.8) is 0 Å². The van der Waals surface area contributed by atoms with Crippen molar-refractivity contribution in [2.75, 3.05) is 7.05 Å². The van der Waals surface area contributed by atoms with Crippen molar-refractivity contribution >= 4 is 5.91 Å². The van der Waals surface area contributed by atoms with Crippen LogP contribution in [0.4, 0.5) is 13.2 Å². The highest BCUT2D eigenvalue weighted by Crippen LogP contribution is 2.34. The third-order valence-corrected chi connectivity index (χ3v) is 3.90. The molecule has 0 radical (unpaired) electrons. The average molecular weight is 267 g/mol. The van der Waals surface area contributed by atoms with Crippen LogP contribution < -0.4 is 0 Å².